The number of hydrogen-bond acceptors (Lipinski definition) is 2. The molecule has 1 amide bonds. The van der Waals surface area contributed by atoms with Crippen LogP contribution in [0.3, 0.4) is 0 Å². The van der Waals surface area contributed by atoms with Crippen LogP contribution in [0.15, 0.2) is 47.3 Å². The van der Waals surface area contributed by atoms with E-state index in [2.05, 4.69) is 31.1 Å². The summed E-state index contributed by atoms with van der Waals surface area (Å²) in [5, 5.41) is 2.88. The third kappa shape index (κ3) is 2.97. The van der Waals surface area contributed by atoms with Crippen molar-refractivity contribution in [2.45, 2.75) is 26.2 Å². The summed E-state index contributed by atoms with van der Waals surface area (Å²) in [6, 6.07) is 13.0. The maximum absolute atomic E-state index is 12.4. The second-order valence-corrected chi connectivity index (χ2v) is 7.00. The lowest BCUT2D eigenvalue weighted by atomic mass is 9.87. The largest absolute Gasteiger partial charge is 0.326 e. The molecule has 0 aliphatic rings. The molecule has 5 nitrogen and oxygen atoms in total. The number of aromatic amines is 1. The van der Waals surface area contributed by atoms with Gasteiger partial charge in [-0.2, -0.15) is 0 Å². The van der Waals surface area contributed by atoms with Crippen molar-refractivity contribution >= 4 is 22.6 Å². The molecule has 5 heteroatoms. The quantitative estimate of drug-likeness (QED) is 0.759. The number of fused-ring (bicyclic) bond motifs is 1. The molecule has 0 bridgehead atoms. The molecule has 0 radical (unpaired) electrons. The minimum Gasteiger partial charge on any atom is -0.322 e. The maximum atomic E-state index is 12.4. The van der Waals surface area contributed by atoms with Crippen molar-refractivity contribution in [1.82, 2.24) is 9.55 Å². The summed E-state index contributed by atoms with van der Waals surface area (Å²) in [7, 11) is 1.69. The van der Waals surface area contributed by atoms with Crippen molar-refractivity contribution in [3.8, 4) is 0 Å². The van der Waals surface area contributed by atoms with E-state index in [0.29, 0.717) is 11.3 Å². The number of H-pyrrole nitrogens is 1. The van der Waals surface area contributed by atoms with Gasteiger partial charge in [-0.05, 0) is 41.3 Å². The van der Waals surface area contributed by atoms with E-state index >= 15 is 0 Å². The molecule has 0 saturated carbocycles. The highest BCUT2D eigenvalue weighted by atomic mass is 16.2. The van der Waals surface area contributed by atoms with E-state index < -0.39 is 0 Å². The Balaban J connectivity index is 1.84. The van der Waals surface area contributed by atoms with Crippen molar-refractivity contribution < 1.29 is 4.79 Å². The predicted molar refractivity (Wildman–Crippen MR) is 96.6 cm³/mol. The highest BCUT2D eigenvalue weighted by molar-refractivity contribution is 6.05. The molecule has 2 aromatic carbocycles. The molecule has 0 saturated heterocycles. The van der Waals surface area contributed by atoms with Gasteiger partial charge in [0.1, 0.15) is 0 Å². The first-order chi connectivity index (χ1) is 11.3. The topological polar surface area (TPSA) is 66.9 Å². The molecular weight excluding hydrogens is 302 g/mol. The maximum Gasteiger partial charge on any atom is 0.326 e. The molecule has 3 rings (SSSR count). The number of benzene rings is 2. The summed E-state index contributed by atoms with van der Waals surface area (Å²) in [6.45, 7) is 6.41. The molecule has 2 N–H and O–H groups in total. The molecule has 0 aliphatic carbocycles. The molecule has 0 fully saturated rings. The molecule has 3 aromatic rings. The first kappa shape index (κ1) is 16.1. The van der Waals surface area contributed by atoms with E-state index in [1.165, 1.54) is 10.1 Å². The van der Waals surface area contributed by atoms with Crippen molar-refractivity contribution in [2.75, 3.05) is 5.32 Å². The minimum atomic E-state index is -0.175. The Bertz CT molecular complexity index is 957. The van der Waals surface area contributed by atoms with Crippen LogP contribution in [-0.2, 0) is 12.5 Å². The van der Waals surface area contributed by atoms with Gasteiger partial charge >= 0.3 is 5.69 Å². The van der Waals surface area contributed by atoms with E-state index in [4.69, 9.17) is 0 Å². The van der Waals surface area contributed by atoms with Gasteiger partial charge in [-0.1, -0.05) is 32.9 Å². The first-order valence-electron chi connectivity index (χ1n) is 7.86. The number of nitrogens with zero attached hydrogens (tertiary/aromatic N) is 1. The second-order valence-electron chi connectivity index (χ2n) is 7.00. The van der Waals surface area contributed by atoms with Gasteiger partial charge in [-0.3, -0.25) is 9.36 Å². The Kier molecular flexibility index (Phi) is 3.79. The van der Waals surface area contributed by atoms with E-state index in [-0.39, 0.29) is 17.0 Å². The van der Waals surface area contributed by atoms with E-state index in [1.807, 2.05) is 24.3 Å². The van der Waals surface area contributed by atoms with E-state index in [1.54, 1.807) is 25.2 Å². The van der Waals surface area contributed by atoms with Gasteiger partial charge in [0.05, 0.1) is 11.0 Å². The molecule has 0 unspecified atom stereocenters. The normalized spacial score (nSPS) is 11.7. The predicted octanol–water partition coefficient (Wildman–Crippen LogP) is 3.42. The van der Waals surface area contributed by atoms with Gasteiger partial charge in [0.25, 0.3) is 5.91 Å². The third-order valence-corrected chi connectivity index (χ3v) is 4.18. The summed E-state index contributed by atoms with van der Waals surface area (Å²) in [6.07, 6.45) is 0. The summed E-state index contributed by atoms with van der Waals surface area (Å²) < 4.78 is 1.52. The minimum absolute atomic E-state index is 0.0547. The van der Waals surface area contributed by atoms with Gasteiger partial charge in [0.2, 0.25) is 0 Å². The van der Waals surface area contributed by atoms with Crippen LogP contribution >= 0.6 is 0 Å². The van der Waals surface area contributed by atoms with Crippen LogP contribution in [0, 0.1) is 0 Å². The second kappa shape index (κ2) is 5.67. The van der Waals surface area contributed by atoms with Crippen LogP contribution in [-0.4, -0.2) is 15.5 Å². The Hall–Kier alpha value is -2.82. The highest BCUT2D eigenvalue weighted by Gasteiger charge is 2.14. The number of carbonyl (C=O) groups excluding carboxylic acids is 1. The SMILES string of the molecule is Cn1c(=O)[nH]c2ccc(NC(=O)c3ccc(C(C)(C)C)cc3)cc21. The van der Waals surface area contributed by atoms with Crippen molar-refractivity contribution in [1.29, 1.82) is 0 Å². The van der Waals surface area contributed by atoms with Crippen molar-refractivity contribution in [2.24, 2.45) is 7.05 Å². The lowest BCUT2D eigenvalue weighted by Crippen LogP contribution is -2.14. The Labute approximate surface area is 140 Å². The van der Waals surface area contributed by atoms with Crippen molar-refractivity contribution in [3.05, 3.63) is 64.1 Å². The smallest absolute Gasteiger partial charge is 0.322 e. The molecular formula is C19H21N3O2. The fourth-order valence-corrected chi connectivity index (χ4v) is 2.63. The van der Waals surface area contributed by atoms with Crippen LogP contribution in [0.4, 0.5) is 5.69 Å². The van der Waals surface area contributed by atoms with Gasteiger partial charge in [-0.25, -0.2) is 4.79 Å². The molecule has 0 atom stereocenters. The Morgan fingerprint density at radius 2 is 1.75 bits per heavy atom. The summed E-state index contributed by atoms with van der Waals surface area (Å²) >= 11 is 0. The van der Waals surface area contributed by atoms with Crippen LogP contribution in [0.2, 0.25) is 0 Å². The summed E-state index contributed by atoms with van der Waals surface area (Å²) in [5.74, 6) is -0.171. The van der Waals surface area contributed by atoms with Gasteiger partial charge in [-0.15, -0.1) is 0 Å². The number of imidazole rings is 1. The monoisotopic (exact) mass is 323 g/mol. The number of hydrogen-bond donors (Lipinski definition) is 2. The van der Waals surface area contributed by atoms with Gasteiger partial charge < -0.3 is 10.3 Å². The standard InChI is InChI=1S/C19H21N3O2/c1-19(2,3)13-7-5-12(6-8-13)17(23)20-14-9-10-15-16(11-14)22(4)18(24)21-15/h5-11H,1-4H3,(H,20,23)(H,21,24). The third-order valence-electron chi connectivity index (χ3n) is 4.18. The van der Waals surface area contributed by atoms with Crippen LogP contribution in [0.1, 0.15) is 36.7 Å². The van der Waals surface area contributed by atoms with Gasteiger partial charge in [0, 0.05) is 18.3 Å². The fraction of sp³-hybridized carbons (Fsp3) is 0.263. The average molecular weight is 323 g/mol. The number of nitrogens with one attached hydrogen (secondary N) is 2. The molecule has 0 spiro atoms. The number of rotatable bonds is 2. The highest BCUT2D eigenvalue weighted by Crippen LogP contribution is 2.23. The number of amides is 1. The van der Waals surface area contributed by atoms with Gasteiger partial charge in [0.15, 0.2) is 0 Å². The average Bonchev–Trinajstić information content (AvgIpc) is 2.81. The zero-order chi connectivity index (χ0) is 17.5. The number of aromatic nitrogens is 2. The molecule has 1 heterocycles. The molecule has 1 aromatic heterocycles. The number of carbonyl (C=O) groups is 1. The lowest BCUT2D eigenvalue weighted by Gasteiger charge is -2.19. The van der Waals surface area contributed by atoms with Crippen LogP contribution < -0.4 is 11.0 Å². The van der Waals surface area contributed by atoms with Crippen LogP contribution in [0.25, 0.3) is 11.0 Å². The fourth-order valence-electron chi connectivity index (χ4n) is 2.63. The molecule has 0 aliphatic heterocycles. The zero-order valence-electron chi connectivity index (χ0n) is 14.3. The first-order valence-corrected chi connectivity index (χ1v) is 7.86. The number of anilines is 1. The van der Waals surface area contributed by atoms with E-state index in [0.717, 1.165) is 11.0 Å². The van der Waals surface area contributed by atoms with Crippen molar-refractivity contribution in [3.63, 3.8) is 0 Å². The Morgan fingerprint density at radius 3 is 2.38 bits per heavy atom. The molecule has 124 valence electrons. The Morgan fingerprint density at radius 1 is 1.08 bits per heavy atom. The number of aryl methyl sites for hydroxylation is 1. The van der Waals surface area contributed by atoms with Crippen LogP contribution in [0.5, 0.6) is 0 Å². The molecule has 24 heavy (non-hydrogen) atoms. The summed E-state index contributed by atoms with van der Waals surface area (Å²) in [5.41, 5.74) is 3.82. The lowest BCUT2D eigenvalue weighted by molar-refractivity contribution is 0.102. The van der Waals surface area contributed by atoms with E-state index in [9.17, 15) is 9.59 Å². The zero-order valence-corrected chi connectivity index (χ0v) is 14.3. The summed E-state index contributed by atoms with van der Waals surface area (Å²) in [4.78, 5) is 26.8.